The van der Waals surface area contributed by atoms with Gasteiger partial charge in [-0.1, -0.05) is 39.5 Å². The number of hydrogen-bond acceptors (Lipinski definition) is 4. The lowest BCUT2D eigenvalue weighted by molar-refractivity contribution is -0.136. The van der Waals surface area contributed by atoms with Gasteiger partial charge < -0.3 is 0 Å². The molecule has 2 aliphatic heterocycles. The molecule has 2 saturated carbocycles. The summed E-state index contributed by atoms with van der Waals surface area (Å²) in [5, 5.41) is 0. The Morgan fingerprint density at radius 2 is 1.79 bits per heavy atom. The molecule has 6 nitrogen and oxygen atoms in total. The molecule has 4 fully saturated rings. The van der Waals surface area contributed by atoms with E-state index in [2.05, 4.69) is 29.6 Å². The number of fused-ring (bicyclic) bond motifs is 1. The van der Waals surface area contributed by atoms with E-state index < -0.39 is 11.7 Å². The number of piperidine rings is 1. The van der Waals surface area contributed by atoms with Crippen LogP contribution in [0.4, 0.5) is 13.2 Å². The minimum Gasteiger partial charge on any atom is -0.299 e. The van der Waals surface area contributed by atoms with Crippen molar-refractivity contribution in [3.05, 3.63) is 40.1 Å². The summed E-state index contributed by atoms with van der Waals surface area (Å²) in [6.45, 7) is 7.66. The average Bonchev–Trinajstić information content (AvgIpc) is 3.43. The monoisotopic (exact) mass is 547 g/mol. The third-order valence-corrected chi connectivity index (χ3v) is 10.3. The van der Waals surface area contributed by atoms with Crippen molar-refractivity contribution in [1.82, 2.24) is 24.7 Å². The van der Waals surface area contributed by atoms with E-state index in [4.69, 9.17) is 0 Å². The van der Waals surface area contributed by atoms with Gasteiger partial charge in [-0.25, -0.2) is 4.79 Å². The van der Waals surface area contributed by atoms with Crippen LogP contribution in [0.15, 0.2) is 23.3 Å². The molecule has 4 heterocycles. The molecule has 39 heavy (non-hydrogen) atoms. The van der Waals surface area contributed by atoms with E-state index >= 15 is 0 Å². The summed E-state index contributed by atoms with van der Waals surface area (Å²) < 4.78 is 45.8. The summed E-state index contributed by atoms with van der Waals surface area (Å²) >= 11 is 0. The molecule has 6 rings (SSSR count). The van der Waals surface area contributed by atoms with Crippen molar-refractivity contribution < 1.29 is 13.2 Å². The number of rotatable bonds is 6. The summed E-state index contributed by atoms with van der Waals surface area (Å²) in [5.74, 6) is 2.81. The van der Waals surface area contributed by atoms with E-state index in [9.17, 15) is 18.0 Å². The van der Waals surface area contributed by atoms with Crippen LogP contribution in [0.25, 0.3) is 5.52 Å². The Morgan fingerprint density at radius 1 is 1.03 bits per heavy atom. The van der Waals surface area contributed by atoms with E-state index in [1.165, 1.54) is 35.9 Å². The van der Waals surface area contributed by atoms with Crippen molar-refractivity contribution in [3.8, 4) is 0 Å². The van der Waals surface area contributed by atoms with Gasteiger partial charge in [0, 0.05) is 44.1 Å². The number of nitrogens with one attached hydrogen (secondary N) is 2. The number of likely N-dealkylation sites (tertiary alicyclic amines) is 1. The van der Waals surface area contributed by atoms with Crippen molar-refractivity contribution in [3.63, 3.8) is 0 Å². The molecule has 2 aromatic heterocycles. The number of hydrogen-bond donors (Lipinski definition) is 2. The Labute approximate surface area is 229 Å². The minimum atomic E-state index is -4.52. The van der Waals surface area contributed by atoms with Gasteiger partial charge in [0.2, 0.25) is 0 Å². The largest absolute Gasteiger partial charge is 0.418 e. The Morgan fingerprint density at radius 3 is 2.46 bits per heavy atom. The van der Waals surface area contributed by atoms with Crippen LogP contribution in [0.5, 0.6) is 0 Å². The fraction of sp³-hybridized carbons (Fsp3) is 0.767. The molecule has 2 aromatic rings. The molecule has 9 heteroatoms. The number of aromatic nitrogens is 2. The number of imidazole rings is 1. The van der Waals surface area contributed by atoms with E-state index in [1.54, 1.807) is 10.8 Å². The highest BCUT2D eigenvalue weighted by atomic mass is 19.4. The number of halogens is 3. The van der Waals surface area contributed by atoms with Crippen LogP contribution in [-0.4, -0.2) is 39.5 Å². The quantitative estimate of drug-likeness (QED) is 0.494. The lowest BCUT2D eigenvalue weighted by Crippen LogP contribution is -2.47. The molecule has 216 valence electrons. The maximum Gasteiger partial charge on any atom is 0.418 e. The zero-order valence-electron chi connectivity index (χ0n) is 23.3. The highest BCUT2D eigenvalue weighted by molar-refractivity contribution is 5.56. The number of alkyl halides is 3. The molecular formula is C30H44F3N5O. The second-order valence-corrected chi connectivity index (χ2v) is 13.2. The second kappa shape index (κ2) is 10.9. The maximum absolute atomic E-state index is 14.3. The van der Waals surface area contributed by atoms with Crippen LogP contribution < -0.4 is 16.5 Å². The van der Waals surface area contributed by atoms with Crippen LogP contribution in [-0.2, 0) is 12.7 Å². The SMILES string of the molecule is CC1CNNC1[C@H](C1CCC1)C1CCCC(n2cc3c(C(F)(F)F)cc(CN4CCC[C@H](C)C4)cn3c2=O)C1. The number of nitrogens with zero attached hydrogens (tertiary/aromatic N) is 3. The molecular weight excluding hydrogens is 503 g/mol. The smallest absolute Gasteiger partial charge is 0.299 e. The van der Waals surface area contributed by atoms with Gasteiger partial charge in [-0.05, 0) is 79.9 Å². The van der Waals surface area contributed by atoms with Gasteiger partial charge in [0.1, 0.15) is 0 Å². The lowest BCUT2D eigenvalue weighted by Gasteiger charge is -2.45. The summed E-state index contributed by atoms with van der Waals surface area (Å²) in [4.78, 5) is 15.9. The molecule has 0 amide bonds. The standard InChI is InChI=1S/C30H44F3N5O/c1-19-6-5-11-36(15-19)16-21-12-25(30(31,32)33)26-18-37(29(39)38(26)17-21)24-10-4-9-23(13-24)27(22-7-3-8-22)28-20(2)14-34-35-28/h12,17-20,22-24,27-28,34-35H,3-11,13-16H2,1-2H3/t19-,20?,23?,24?,27+,28?/m0/s1. The van der Waals surface area contributed by atoms with Crippen molar-refractivity contribution in [2.45, 2.75) is 96.4 Å². The average molecular weight is 548 g/mol. The van der Waals surface area contributed by atoms with Gasteiger partial charge >= 0.3 is 11.9 Å². The maximum atomic E-state index is 14.3. The zero-order valence-corrected chi connectivity index (χ0v) is 23.3. The molecule has 2 N–H and O–H groups in total. The summed E-state index contributed by atoms with van der Waals surface area (Å²) in [6, 6.07) is 1.63. The lowest BCUT2D eigenvalue weighted by atomic mass is 9.62. The van der Waals surface area contributed by atoms with Gasteiger partial charge in [0.15, 0.2) is 0 Å². The van der Waals surface area contributed by atoms with Crippen molar-refractivity contribution in [2.75, 3.05) is 19.6 Å². The first-order valence-corrected chi connectivity index (χ1v) is 15.2. The van der Waals surface area contributed by atoms with Crippen LogP contribution in [0.1, 0.15) is 88.8 Å². The van der Waals surface area contributed by atoms with Gasteiger partial charge in [0.05, 0.1) is 11.1 Å². The molecule has 0 bridgehead atoms. The van der Waals surface area contributed by atoms with Gasteiger partial charge in [-0.3, -0.25) is 24.7 Å². The highest BCUT2D eigenvalue weighted by Gasteiger charge is 2.44. The fourth-order valence-corrected chi connectivity index (χ4v) is 8.21. The topological polar surface area (TPSA) is 53.7 Å². The van der Waals surface area contributed by atoms with E-state index in [1.807, 2.05) is 0 Å². The third-order valence-electron chi connectivity index (χ3n) is 10.3. The van der Waals surface area contributed by atoms with Crippen molar-refractivity contribution in [2.24, 2.45) is 29.6 Å². The Kier molecular flexibility index (Phi) is 7.61. The predicted octanol–water partition coefficient (Wildman–Crippen LogP) is 5.61. The fourth-order valence-electron chi connectivity index (χ4n) is 8.21. The Balaban J connectivity index is 1.31. The minimum absolute atomic E-state index is 0.0174. The first-order chi connectivity index (χ1) is 18.7. The van der Waals surface area contributed by atoms with E-state index in [-0.39, 0.29) is 17.2 Å². The number of hydrazine groups is 1. The highest BCUT2D eigenvalue weighted by Crippen LogP contribution is 2.47. The molecule has 0 radical (unpaired) electrons. The van der Waals surface area contributed by atoms with Gasteiger partial charge in [-0.15, -0.1) is 0 Å². The second-order valence-electron chi connectivity index (χ2n) is 13.2. The molecule has 4 aliphatic rings. The van der Waals surface area contributed by atoms with Gasteiger partial charge in [-0.2, -0.15) is 13.2 Å². The van der Waals surface area contributed by atoms with Crippen LogP contribution in [0.3, 0.4) is 0 Å². The molecule has 2 aliphatic carbocycles. The Bertz CT molecular complexity index is 1220. The molecule has 4 unspecified atom stereocenters. The van der Waals surface area contributed by atoms with Gasteiger partial charge in [0.25, 0.3) is 0 Å². The summed E-state index contributed by atoms with van der Waals surface area (Å²) in [6.07, 6.45) is 8.53. The van der Waals surface area contributed by atoms with Crippen LogP contribution in [0.2, 0.25) is 0 Å². The number of pyridine rings is 1. The zero-order chi connectivity index (χ0) is 27.3. The predicted molar refractivity (Wildman–Crippen MR) is 146 cm³/mol. The van der Waals surface area contributed by atoms with E-state index in [0.29, 0.717) is 47.7 Å². The van der Waals surface area contributed by atoms with Crippen LogP contribution >= 0.6 is 0 Å². The van der Waals surface area contributed by atoms with Crippen molar-refractivity contribution >= 4 is 5.52 Å². The summed E-state index contributed by atoms with van der Waals surface area (Å²) in [7, 11) is 0. The Hall–Kier alpha value is -1.84. The first-order valence-electron chi connectivity index (χ1n) is 15.2. The van der Waals surface area contributed by atoms with Crippen LogP contribution in [0, 0.1) is 29.6 Å². The third kappa shape index (κ3) is 5.43. The summed E-state index contributed by atoms with van der Waals surface area (Å²) in [5.41, 5.74) is 6.42. The molecule has 2 saturated heterocycles. The molecule has 6 atom stereocenters. The van der Waals surface area contributed by atoms with Crippen molar-refractivity contribution in [1.29, 1.82) is 0 Å². The molecule has 0 spiro atoms. The normalized spacial score (nSPS) is 32.0. The first kappa shape index (κ1) is 27.3. The molecule has 0 aromatic carbocycles. The van der Waals surface area contributed by atoms with E-state index in [0.717, 1.165) is 58.2 Å².